The summed E-state index contributed by atoms with van der Waals surface area (Å²) in [5.41, 5.74) is 7.34. The Morgan fingerprint density at radius 1 is 0.429 bits per heavy atom. The monoisotopic (exact) mass is 710 g/mol. The van der Waals surface area contributed by atoms with Crippen LogP contribution in [0.2, 0.25) is 0 Å². The standard InChI is InChI=1S/2C15H12O2.C13H11BrO/c16-15-9-12-8-13(6-7-14(12)15)17-10-11-4-2-1-3-5-11;16-15-8-12-6-7-13(9-14(12)15)17-10-11-4-2-1-3-5-11;14-12-6-8-13(9-7-12)15-10-11-4-2-1-3-5-11/h1-8H,9-10H2;1-7,9H,8,10H2;1-9H,10H2. The Bertz CT molecular complexity index is 1990. The van der Waals surface area contributed by atoms with Crippen LogP contribution in [-0.4, -0.2) is 11.6 Å². The molecule has 0 aliphatic heterocycles. The number of benzene rings is 6. The zero-order valence-electron chi connectivity index (χ0n) is 26.9. The molecule has 0 heterocycles. The summed E-state index contributed by atoms with van der Waals surface area (Å²) >= 11 is 3.39. The van der Waals surface area contributed by atoms with Crippen LogP contribution in [0.15, 0.2) is 156 Å². The second kappa shape index (κ2) is 16.6. The largest absolute Gasteiger partial charge is 0.489 e. The highest BCUT2D eigenvalue weighted by Gasteiger charge is 2.24. The van der Waals surface area contributed by atoms with Crippen LogP contribution < -0.4 is 14.2 Å². The van der Waals surface area contributed by atoms with E-state index in [1.807, 2.05) is 140 Å². The van der Waals surface area contributed by atoms with Crippen molar-refractivity contribution in [1.29, 1.82) is 0 Å². The Morgan fingerprint density at radius 2 is 0.857 bits per heavy atom. The second-order valence-corrected chi connectivity index (χ2v) is 12.5. The van der Waals surface area contributed by atoms with Crippen LogP contribution >= 0.6 is 15.9 Å². The lowest BCUT2D eigenvalue weighted by Crippen LogP contribution is -2.18. The molecule has 0 saturated carbocycles. The van der Waals surface area contributed by atoms with E-state index < -0.39 is 0 Å². The van der Waals surface area contributed by atoms with Gasteiger partial charge in [-0.1, -0.05) is 113 Å². The third kappa shape index (κ3) is 9.55. The molecule has 0 bridgehead atoms. The van der Waals surface area contributed by atoms with Gasteiger partial charge >= 0.3 is 0 Å². The average Bonchev–Trinajstić information content (AvgIpc) is 3.14. The zero-order valence-corrected chi connectivity index (χ0v) is 28.5. The summed E-state index contributed by atoms with van der Waals surface area (Å²) in [6, 6.07) is 49.4. The number of ketones is 2. The Morgan fingerprint density at radius 3 is 1.35 bits per heavy atom. The average molecular weight is 712 g/mol. The molecule has 6 heteroatoms. The van der Waals surface area contributed by atoms with Crippen molar-refractivity contribution in [3.05, 3.63) is 195 Å². The van der Waals surface area contributed by atoms with Crippen molar-refractivity contribution < 1.29 is 23.8 Å². The summed E-state index contributed by atoms with van der Waals surface area (Å²) in [6.45, 7) is 1.71. The van der Waals surface area contributed by atoms with E-state index in [0.717, 1.165) is 55.1 Å². The van der Waals surface area contributed by atoms with Crippen LogP contribution in [0.3, 0.4) is 0 Å². The summed E-state index contributed by atoms with van der Waals surface area (Å²) < 4.78 is 18.0. The molecule has 5 nitrogen and oxygen atoms in total. The normalized spacial score (nSPS) is 11.9. The molecule has 49 heavy (non-hydrogen) atoms. The maximum atomic E-state index is 11.3. The van der Waals surface area contributed by atoms with Gasteiger partial charge in [0.2, 0.25) is 0 Å². The molecule has 0 atom stereocenters. The fourth-order valence-corrected chi connectivity index (χ4v) is 5.48. The minimum absolute atomic E-state index is 0.213. The molecule has 0 N–H and O–H groups in total. The van der Waals surface area contributed by atoms with E-state index in [4.69, 9.17) is 14.2 Å². The summed E-state index contributed by atoms with van der Waals surface area (Å²) in [5, 5.41) is 0. The Labute approximate surface area is 295 Å². The maximum absolute atomic E-state index is 11.3. The Hall–Kier alpha value is -5.46. The molecule has 0 amide bonds. The van der Waals surface area contributed by atoms with Crippen LogP contribution in [0.5, 0.6) is 17.2 Å². The van der Waals surface area contributed by atoms with Gasteiger partial charge in [0.1, 0.15) is 37.1 Å². The molecule has 0 spiro atoms. The first-order chi connectivity index (χ1) is 24.0. The molecule has 2 aliphatic rings. The first kappa shape index (κ1) is 33.4. The predicted molar refractivity (Wildman–Crippen MR) is 195 cm³/mol. The number of carbonyl (C=O) groups excluding carboxylic acids is 2. The van der Waals surface area contributed by atoms with Crippen LogP contribution in [0.25, 0.3) is 0 Å². The van der Waals surface area contributed by atoms with Gasteiger partial charge in [-0.2, -0.15) is 0 Å². The van der Waals surface area contributed by atoms with Gasteiger partial charge in [0.05, 0.1) is 0 Å². The lowest BCUT2D eigenvalue weighted by atomic mass is 9.87. The molecule has 6 aromatic rings. The van der Waals surface area contributed by atoms with E-state index in [0.29, 0.717) is 32.7 Å². The number of halogens is 1. The van der Waals surface area contributed by atoms with E-state index in [1.165, 1.54) is 5.56 Å². The first-order valence-corrected chi connectivity index (χ1v) is 16.9. The molecule has 0 fully saturated rings. The van der Waals surface area contributed by atoms with Crippen LogP contribution in [-0.2, 0) is 32.7 Å². The molecule has 2 aliphatic carbocycles. The van der Waals surface area contributed by atoms with Gasteiger partial charge in [0, 0.05) is 28.4 Å². The molecule has 6 aromatic carbocycles. The van der Waals surface area contributed by atoms with E-state index in [2.05, 4.69) is 28.1 Å². The van der Waals surface area contributed by atoms with Gasteiger partial charge in [-0.25, -0.2) is 0 Å². The summed E-state index contributed by atoms with van der Waals surface area (Å²) in [4.78, 5) is 22.5. The second-order valence-electron chi connectivity index (χ2n) is 11.6. The highest BCUT2D eigenvalue weighted by Crippen LogP contribution is 2.28. The van der Waals surface area contributed by atoms with Gasteiger partial charge < -0.3 is 14.2 Å². The minimum atomic E-state index is 0.213. The van der Waals surface area contributed by atoms with Gasteiger partial charge in [0.15, 0.2) is 11.6 Å². The molecule has 244 valence electrons. The van der Waals surface area contributed by atoms with Crippen molar-refractivity contribution in [2.75, 3.05) is 0 Å². The molecule has 0 radical (unpaired) electrons. The highest BCUT2D eigenvalue weighted by atomic mass is 79.9. The lowest BCUT2D eigenvalue weighted by Gasteiger charge is -2.18. The quantitative estimate of drug-likeness (QED) is 0.149. The molecule has 0 saturated heterocycles. The minimum Gasteiger partial charge on any atom is -0.489 e. The van der Waals surface area contributed by atoms with Gasteiger partial charge in [0.25, 0.3) is 0 Å². The number of Topliss-reactive ketones (excluding diaryl/α,β-unsaturated/α-hetero) is 2. The van der Waals surface area contributed by atoms with Crippen LogP contribution in [0, 0.1) is 0 Å². The van der Waals surface area contributed by atoms with E-state index >= 15 is 0 Å². The maximum Gasteiger partial charge on any atom is 0.167 e. The van der Waals surface area contributed by atoms with E-state index in [9.17, 15) is 9.59 Å². The molecular formula is C43H35BrO5. The highest BCUT2D eigenvalue weighted by molar-refractivity contribution is 9.10. The van der Waals surface area contributed by atoms with E-state index in [1.54, 1.807) is 0 Å². The number of fused-ring (bicyclic) bond motifs is 2. The Balaban J connectivity index is 0.000000128. The Kier molecular flexibility index (Phi) is 11.3. The topological polar surface area (TPSA) is 61.8 Å². The summed E-state index contributed by atoms with van der Waals surface area (Å²) in [7, 11) is 0. The van der Waals surface area contributed by atoms with Crippen molar-refractivity contribution in [1.82, 2.24) is 0 Å². The SMILES string of the molecule is Brc1ccc(OCc2ccccc2)cc1.O=C1Cc2cc(OCc3ccccc3)ccc21.O=C1Cc2ccc(OCc3ccccc3)cc21. The molecule has 8 rings (SSSR count). The number of ether oxygens (including phenoxy) is 3. The number of hydrogen-bond donors (Lipinski definition) is 0. The van der Waals surface area contributed by atoms with Crippen molar-refractivity contribution in [2.24, 2.45) is 0 Å². The number of hydrogen-bond acceptors (Lipinski definition) is 5. The van der Waals surface area contributed by atoms with Gasteiger partial charge in [-0.15, -0.1) is 0 Å². The molecule has 0 unspecified atom stereocenters. The van der Waals surface area contributed by atoms with Crippen molar-refractivity contribution in [3.63, 3.8) is 0 Å². The third-order valence-corrected chi connectivity index (χ3v) is 8.55. The molecule has 0 aromatic heterocycles. The van der Waals surface area contributed by atoms with Gasteiger partial charge in [-0.3, -0.25) is 9.59 Å². The zero-order chi connectivity index (χ0) is 33.8. The van der Waals surface area contributed by atoms with Crippen molar-refractivity contribution in [2.45, 2.75) is 32.7 Å². The fourth-order valence-electron chi connectivity index (χ4n) is 5.21. The van der Waals surface area contributed by atoms with Crippen molar-refractivity contribution >= 4 is 27.5 Å². The summed E-state index contributed by atoms with van der Waals surface area (Å²) in [5.74, 6) is 2.93. The molecular weight excluding hydrogens is 676 g/mol. The van der Waals surface area contributed by atoms with E-state index in [-0.39, 0.29) is 11.6 Å². The predicted octanol–water partition coefficient (Wildman–Crippen LogP) is 10.0. The number of carbonyl (C=O) groups is 2. The third-order valence-electron chi connectivity index (χ3n) is 8.02. The van der Waals surface area contributed by atoms with Crippen molar-refractivity contribution in [3.8, 4) is 17.2 Å². The van der Waals surface area contributed by atoms with Crippen LogP contribution in [0.4, 0.5) is 0 Å². The smallest absolute Gasteiger partial charge is 0.167 e. The number of rotatable bonds is 9. The fraction of sp³-hybridized carbons (Fsp3) is 0.116. The van der Waals surface area contributed by atoms with Crippen LogP contribution in [0.1, 0.15) is 48.5 Å². The first-order valence-electron chi connectivity index (χ1n) is 16.1. The summed E-state index contributed by atoms with van der Waals surface area (Å²) in [6.07, 6.45) is 1.13. The van der Waals surface area contributed by atoms with Gasteiger partial charge in [-0.05, 0) is 82.4 Å². The lowest BCUT2D eigenvalue weighted by molar-refractivity contribution is 0.0959.